The minimum atomic E-state index is 0.899. The first-order chi connectivity index (χ1) is 27.3. The first-order valence-electron chi connectivity index (χ1n) is 18.7. The average molecular weight is 697 g/mol. The van der Waals surface area contributed by atoms with E-state index in [0.717, 1.165) is 33.7 Å². The second-order valence-electron chi connectivity index (χ2n) is 14.2. The lowest BCUT2D eigenvalue weighted by molar-refractivity contribution is 1.10. The Balaban J connectivity index is 1.12. The molecular weight excluding hydrogens is 665 g/mol. The summed E-state index contributed by atoms with van der Waals surface area (Å²) >= 11 is 0. The lowest BCUT2D eigenvalue weighted by Gasteiger charge is -2.19. The molecule has 0 atom stereocenters. The number of aromatic nitrogens is 2. The maximum Gasteiger partial charge on any atom is 0.145 e. The summed E-state index contributed by atoms with van der Waals surface area (Å²) in [6.45, 7) is 0. The minimum absolute atomic E-state index is 0.899. The molecule has 254 valence electrons. The number of nitrogens with zero attached hydrogens (tertiary/aromatic N) is 2. The molecule has 11 rings (SSSR count). The largest absolute Gasteiger partial charge is 0.292 e. The second-order valence-corrected chi connectivity index (χ2v) is 14.2. The number of benzene rings is 9. The van der Waals surface area contributed by atoms with E-state index in [2.05, 4.69) is 193 Å². The Morgan fingerprint density at radius 3 is 1.60 bits per heavy atom. The standard InChI is InChI=1S/C53H32N2/c1-2-16-44(17-3-1)55-50-21-11-10-20-49(50)54-53(55)38-26-22-37(23-27-38)41-30-31-47-48(34-41)52(43-29-25-36-13-5-7-15-40(36)33-43)46-19-9-8-18-45(46)51(47)42-28-24-35-12-4-6-14-39(35)32-42/h2,4-34H. The van der Waals surface area contributed by atoms with E-state index in [1.54, 1.807) is 0 Å². The zero-order chi connectivity index (χ0) is 36.3. The molecule has 55 heavy (non-hydrogen) atoms. The third-order valence-corrected chi connectivity index (χ3v) is 11.0. The van der Waals surface area contributed by atoms with Gasteiger partial charge in [-0.1, -0.05) is 158 Å². The van der Waals surface area contributed by atoms with Crippen molar-refractivity contribution in [1.82, 2.24) is 9.55 Å². The normalized spacial score (nSPS) is 11.5. The van der Waals surface area contributed by atoms with Gasteiger partial charge in [-0.15, -0.1) is 0 Å². The summed E-state index contributed by atoms with van der Waals surface area (Å²) < 4.78 is 2.21. The van der Waals surface area contributed by atoms with Crippen LogP contribution < -0.4 is 0 Å². The van der Waals surface area contributed by atoms with Gasteiger partial charge in [-0.2, -0.15) is 0 Å². The van der Waals surface area contributed by atoms with Crippen LogP contribution in [-0.4, -0.2) is 9.55 Å². The van der Waals surface area contributed by atoms with Gasteiger partial charge in [0.15, 0.2) is 0 Å². The Hall–Kier alpha value is -7.47. The minimum Gasteiger partial charge on any atom is -0.292 e. The Morgan fingerprint density at radius 1 is 0.382 bits per heavy atom. The fraction of sp³-hybridized carbons (Fsp3) is 0. The molecule has 2 nitrogen and oxygen atoms in total. The summed E-state index contributed by atoms with van der Waals surface area (Å²) in [4.78, 5) is 5.09. The highest BCUT2D eigenvalue weighted by Crippen LogP contribution is 2.46. The Kier molecular flexibility index (Phi) is 7.12. The molecule has 0 fully saturated rings. The van der Waals surface area contributed by atoms with E-state index in [1.807, 2.05) is 18.2 Å². The van der Waals surface area contributed by atoms with Gasteiger partial charge in [0.05, 0.1) is 16.7 Å². The first kappa shape index (κ1) is 31.1. The number of hydrogen-bond acceptors (Lipinski definition) is 1. The van der Waals surface area contributed by atoms with Crippen molar-refractivity contribution in [3.05, 3.63) is 206 Å². The molecule has 0 amide bonds. The van der Waals surface area contributed by atoms with E-state index in [0.29, 0.717) is 0 Å². The van der Waals surface area contributed by atoms with Crippen LogP contribution >= 0.6 is 0 Å². The van der Waals surface area contributed by atoms with Crippen molar-refractivity contribution >= 4 is 54.1 Å². The molecular formula is C53H32N2. The van der Waals surface area contributed by atoms with Crippen LogP contribution in [-0.2, 0) is 0 Å². The highest BCUT2D eigenvalue weighted by molar-refractivity contribution is 6.22. The van der Waals surface area contributed by atoms with E-state index in [4.69, 9.17) is 4.98 Å². The SMILES string of the molecule is c1ccc(-n2c(-c3ccc(-c4ccc5c(-c6ccc7ccccc7c6)c6ccccc6c(-c6ccc7ccccc7c6)c5c4)cc3)nc3ccccc32)cc#1. The molecule has 0 saturated heterocycles. The van der Waals surface area contributed by atoms with Crippen LogP contribution in [0.3, 0.4) is 0 Å². The Morgan fingerprint density at radius 2 is 0.927 bits per heavy atom. The van der Waals surface area contributed by atoms with E-state index >= 15 is 0 Å². The predicted molar refractivity (Wildman–Crippen MR) is 231 cm³/mol. The average Bonchev–Trinajstić information content (AvgIpc) is 3.65. The number of para-hydroxylation sites is 2. The first-order valence-corrected chi connectivity index (χ1v) is 18.7. The van der Waals surface area contributed by atoms with Crippen LogP contribution in [0.25, 0.3) is 105 Å². The third kappa shape index (κ3) is 5.17. The molecule has 1 heterocycles. The zero-order valence-electron chi connectivity index (χ0n) is 29.9. The number of rotatable bonds is 5. The topological polar surface area (TPSA) is 17.8 Å². The summed E-state index contributed by atoms with van der Waals surface area (Å²) in [5.74, 6) is 0.899. The predicted octanol–water partition coefficient (Wildman–Crippen LogP) is 13.9. The van der Waals surface area contributed by atoms with Gasteiger partial charge in [-0.25, -0.2) is 4.98 Å². The van der Waals surface area contributed by atoms with Gasteiger partial charge in [0.2, 0.25) is 0 Å². The monoisotopic (exact) mass is 696 g/mol. The fourth-order valence-electron chi connectivity index (χ4n) is 8.44. The van der Waals surface area contributed by atoms with Crippen LogP contribution in [0.2, 0.25) is 0 Å². The molecule has 11 aromatic rings. The van der Waals surface area contributed by atoms with Gasteiger partial charge in [0.1, 0.15) is 5.82 Å². The van der Waals surface area contributed by atoms with Crippen molar-refractivity contribution < 1.29 is 0 Å². The van der Waals surface area contributed by atoms with E-state index in [9.17, 15) is 0 Å². The van der Waals surface area contributed by atoms with Crippen LogP contribution in [0.1, 0.15) is 0 Å². The number of imidazole rings is 1. The molecule has 1 aromatic heterocycles. The lowest BCUT2D eigenvalue weighted by Crippen LogP contribution is -1.97. The van der Waals surface area contributed by atoms with Gasteiger partial charge < -0.3 is 0 Å². The third-order valence-electron chi connectivity index (χ3n) is 11.0. The van der Waals surface area contributed by atoms with Crippen LogP contribution in [0.15, 0.2) is 194 Å². The van der Waals surface area contributed by atoms with Crippen molar-refractivity contribution in [3.63, 3.8) is 0 Å². The molecule has 0 aliphatic heterocycles. The smallest absolute Gasteiger partial charge is 0.145 e. The Labute approximate surface area is 319 Å². The summed E-state index contributed by atoms with van der Waals surface area (Å²) in [6.07, 6.45) is 0. The molecule has 0 N–H and O–H groups in total. The summed E-state index contributed by atoms with van der Waals surface area (Å²) in [7, 11) is 0. The molecule has 0 aliphatic rings. The molecule has 0 radical (unpaired) electrons. The van der Waals surface area contributed by atoms with Crippen molar-refractivity contribution in [1.29, 1.82) is 0 Å². The molecule has 2 heteroatoms. The van der Waals surface area contributed by atoms with Gasteiger partial charge in [0.25, 0.3) is 0 Å². The Bertz CT molecular complexity index is 3240. The highest BCUT2D eigenvalue weighted by Gasteiger charge is 2.19. The van der Waals surface area contributed by atoms with Crippen molar-refractivity contribution in [2.45, 2.75) is 0 Å². The van der Waals surface area contributed by atoms with Crippen molar-refractivity contribution in [2.75, 3.05) is 0 Å². The van der Waals surface area contributed by atoms with Gasteiger partial charge >= 0.3 is 0 Å². The molecule has 0 aliphatic carbocycles. The van der Waals surface area contributed by atoms with E-state index in [1.165, 1.54) is 70.9 Å². The van der Waals surface area contributed by atoms with Crippen LogP contribution in [0.4, 0.5) is 0 Å². The van der Waals surface area contributed by atoms with Crippen LogP contribution in [0, 0.1) is 12.1 Å². The molecule has 0 bridgehead atoms. The number of hydrogen-bond donors (Lipinski definition) is 0. The van der Waals surface area contributed by atoms with Crippen LogP contribution in [0.5, 0.6) is 0 Å². The molecule has 0 spiro atoms. The quantitative estimate of drug-likeness (QED) is 0.164. The summed E-state index contributed by atoms with van der Waals surface area (Å²) in [5, 5.41) is 9.93. The number of fused-ring (bicyclic) bond motifs is 5. The summed E-state index contributed by atoms with van der Waals surface area (Å²) in [6, 6.07) is 76.2. The van der Waals surface area contributed by atoms with Crippen molar-refractivity contribution in [2.24, 2.45) is 0 Å². The molecule has 0 saturated carbocycles. The fourth-order valence-corrected chi connectivity index (χ4v) is 8.44. The van der Waals surface area contributed by atoms with Crippen molar-refractivity contribution in [3.8, 4) is 50.5 Å². The maximum atomic E-state index is 5.09. The highest BCUT2D eigenvalue weighted by atomic mass is 15.1. The van der Waals surface area contributed by atoms with Gasteiger partial charge in [0, 0.05) is 11.6 Å². The molecule has 10 aromatic carbocycles. The lowest BCUT2D eigenvalue weighted by atomic mass is 9.84. The van der Waals surface area contributed by atoms with Gasteiger partial charge in [-0.05, 0) is 119 Å². The molecule has 0 unspecified atom stereocenters. The second kappa shape index (κ2) is 12.6. The van der Waals surface area contributed by atoms with E-state index in [-0.39, 0.29) is 0 Å². The maximum absolute atomic E-state index is 5.09. The summed E-state index contributed by atoms with van der Waals surface area (Å²) in [5.41, 5.74) is 11.4. The van der Waals surface area contributed by atoms with E-state index < -0.39 is 0 Å². The van der Waals surface area contributed by atoms with Gasteiger partial charge in [-0.3, -0.25) is 4.57 Å². The zero-order valence-corrected chi connectivity index (χ0v) is 29.9.